The minimum Gasteiger partial charge on any atom is -0.374 e. The van der Waals surface area contributed by atoms with Gasteiger partial charge in [0.1, 0.15) is 5.37 Å². The molecule has 0 aromatic heterocycles. The summed E-state index contributed by atoms with van der Waals surface area (Å²) in [6.07, 6.45) is 1.45. The molecule has 5 nitrogen and oxygen atoms in total. The Bertz CT molecular complexity index is 341. The minimum atomic E-state index is -3.00. The van der Waals surface area contributed by atoms with E-state index in [1.54, 1.807) is 11.8 Å². The Morgan fingerprint density at radius 2 is 2.35 bits per heavy atom. The highest BCUT2D eigenvalue weighted by Crippen LogP contribution is 2.20. The third kappa shape index (κ3) is 3.82. The lowest BCUT2D eigenvalue weighted by Crippen LogP contribution is -2.53. The van der Waals surface area contributed by atoms with Gasteiger partial charge in [-0.25, -0.2) is 8.42 Å². The Morgan fingerprint density at radius 3 is 3.00 bits per heavy atom. The van der Waals surface area contributed by atoms with E-state index in [4.69, 9.17) is 4.74 Å². The van der Waals surface area contributed by atoms with Crippen molar-refractivity contribution in [3.63, 3.8) is 0 Å². The van der Waals surface area contributed by atoms with E-state index in [-0.39, 0.29) is 11.5 Å². The fourth-order valence-electron chi connectivity index (χ4n) is 2.22. The first-order valence-electron chi connectivity index (χ1n) is 5.90. The van der Waals surface area contributed by atoms with Crippen molar-refractivity contribution >= 4 is 21.6 Å². The van der Waals surface area contributed by atoms with Crippen molar-refractivity contribution in [3.05, 3.63) is 0 Å². The number of thioether (sulfide) groups is 1. The van der Waals surface area contributed by atoms with Gasteiger partial charge in [-0.3, -0.25) is 4.90 Å². The van der Waals surface area contributed by atoms with Crippen molar-refractivity contribution in [1.29, 1.82) is 0 Å². The van der Waals surface area contributed by atoms with E-state index in [9.17, 15) is 8.42 Å². The lowest BCUT2D eigenvalue weighted by molar-refractivity contribution is 0.00479. The molecule has 0 bridgehead atoms. The van der Waals surface area contributed by atoms with E-state index in [2.05, 4.69) is 10.2 Å². The van der Waals surface area contributed by atoms with E-state index in [1.807, 2.05) is 0 Å². The summed E-state index contributed by atoms with van der Waals surface area (Å²) in [5.74, 6) is 1.69. The molecule has 0 aromatic rings. The largest absolute Gasteiger partial charge is 0.374 e. The average molecular weight is 280 g/mol. The van der Waals surface area contributed by atoms with Crippen LogP contribution in [0.25, 0.3) is 0 Å². The van der Waals surface area contributed by atoms with Crippen LogP contribution in [0.1, 0.15) is 0 Å². The Kier molecular flexibility index (Phi) is 4.71. The first kappa shape index (κ1) is 13.6. The van der Waals surface area contributed by atoms with E-state index in [1.165, 1.54) is 6.26 Å². The highest BCUT2D eigenvalue weighted by Gasteiger charge is 2.32. The molecule has 0 radical (unpaired) electrons. The van der Waals surface area contributed by atoms with Crippen molar-refractivity contribution in [2.75, 3.05) is 50.5 Å². The zero-order chi connectivity index (χ0) is 12.3. The zero-order valence-electron chi connectivity index (χ0n) is 10.1. The molecular formula is C10H20N2O3S2. The molecule has 7 heteroatoms. The van der Waals surface area contributed by atoms with E-state index in [0.717, 1.165) is 32.0 Å². The number of morpholine rings is 1. The van der Waals surface area contributed by atoms with Gasteiger partial charge in [0, 0.05) is 43.9 Å². The number of nitrogens with zero attached hydrogens (tertiary/aromatic N) is 1. The first-order valence-corrected chi connectivity index (χ1v) is 9.01. The summed E-state index contributed by atoms with van der Waals surface area (Å²) in [6.45, 7) is 3.98. The summed E-state index contributed by atoms with van der Waals surface area (Å²) < 4.78 is 29.1. The molecule has 2 rings (SSSR count). The fourth-order valence-corrected chi connectivity index (χ4v) is 5.17. The molecular weight excluding hydrogens is 260 g/mol. The zero-order valence-corrected chi connectivity index (χ0v) is 11.7. The second kappa shape index (κ2) is 5.88. The second-order valence-corrected chi connectivity index (χ2v) is 7.90. The topological polar surface area (TPSA) is 58.6 Å². The molecule has 2 atom stereocenters. The van der Waals surface area contributed by atoms with E-state index < -0.39 is 9.84 Å². The molecule has 2 unspecified atom stereocenters. The van der Waals surface area contributed by atoms with Gasteiger partial charge in [-0.05, 0) is 0 Å². The predicted octanol–water partition coefficient (Wildman–Crippen LogP) is -0.606. The van der Waals surface area contributed by atoms with Crippen LogP contribution in [0.3, 0.4) is 0 Å². The normalized spacial score (nSPS) is 32.5. The molecule has 0 aromatic carbocycles. The van der Waals surface area contributed by atoms with Gasteiger partial charge < -0.3 is 10.1 Å². The van der Waals surface area contributed by atoms with E-state index >= 15 is 0 Å². The van der Waals surface area contributed by atoms with Crippen LogP contribution >= 0.6 is 11.8 Å². The summed E-state index contributed by atoms with van der Waals surface area (Å²) in [7, 11) is -3.00. The highest BCUT2D eigenvalue weighted by atomic mass is 32.2. The maximum atomic E-state index is 11.7. The van der Waals surface area contributed by atoms with Crippen molar-refractivity contribution in [1.82, 2.24) is 10.2 Å². The third-order valence-corrected chi connectivity index (χ3v) is 5.81. The van der Waals surface area contributed by atoms with Crippen molar-refractivity contribution in [2.45, 2.75) is 11.5 Å². The number of sulfone groups is 1. The number of hydrogen-bond acceptors (Lipinski definition) is 6. The van der Waals surface area contributed by atoms with Crippen LogP contribution in [0.5, 0.6) is 0 Å². The summed E-state index contributed by atoms with van der Waals surface area (Å²) >= 11 is 1.72. The maximum Gasteiger partial charge on any atom is 0.164 e. The quantitative estimate of drug-likeness (QED) is 0.745. The molecule has 2 aliphatic heterocycles. The molecule has 0 spiro atoms. The SMILES string of the molecule is CS(=O)(=O)C1CSCCN1CC1CNCCO1. The number of hydrogen-bond donors (Lipinski definition) is 1. The summed E-state index contributed by atoms with van der Waals surface area (Å²) in [5, 5.41) is 2.93. The van der Waals surface area contributed by atoms with E-state index in [0.29, 0.717) is 12.3 Å². The van der Waals surface area contributed by atoms with Crippen LogP contribution in [0.2, 0.25) is 0 Å². The van der Waals surface area contributed by atoms with Crippen LogP contribution in [0, 0.1) is 0 Å². The molecule has 17 heavy (non-hydrogen) atoms. The molecule has 100 valence electrons. The van der Waals surface area contributed by atoms with Gasteiger partial charge >= 0.3 is 0 Å². The van der Waals surface area contributed by atoms with Gasteiger partial charge in [0.2, 0.25) is 0 Å². The van der Waals surface area contributed by atoms with Crippen molar-refractivity contribution < 1.29 is 13.2 Å². The fraction of sp³-hybridized carbons (Fsp3) is 1.00. The van der Waals surface area contributed by atoms with Gasteiger partial charge in [-0.15, -0.1) is 0 Å². The standard InChI is InChI=1S/C10H20N2O3S2/c1-17(13,14)10-8-16-5-3-12(10)7-9-6-11-2-4-15-9/h9-11H,2-8H2,1H3. The third-order valence-electron chi connectivity index (χ3n) is 3.13. The molecule has 2 saturated heterocycles. The number of rotatable bonds is 3. The monoisotopic (exact) mass is 280 g/mol. The predicted molar refractivity (Wildman–Crippen MR) is 70.1 cm³/mol. The number of nitrogens with one attached hydrogen (secondary N) is 1. The lowest BCUT2D eigenvalue weighted by Gasteiger charge is -2.37. The highest BCUT2D eigenvalue weighted by molar-refractivity contribution is 8.00. The van der Waals surface area contributed by atoms with Crippen LogP contribution in [0.4, 0.5) is 0 Å². The molecule has 2 heterocycles. The minimum absolute atomic E-state index is 0.121. The van der Waals surface area contributed by atoms with Crippen LogP contribution in [-0.4, -0.2) is 75.3 Å². The molecule has 0 aliphatic carbocycles. The summed E-state index contributed by atoms with van der Waals surface area (Å²) in [4.78, 5) is 2.06. The van der Waals surface area contributed by atoms with Crippen molar-refractivity contribution in [3.8, 4) is 0 Å². The Balaban J connectivity index is 1.96. The second-order valence-electron chi connectivity index (χ2n) is 4.55. The Morgan fingerprint density at radius 1 is 1.53 bits per heavy atom. The van der Waals surface area contributed by atoms with Crippen LogP contribution in [-0.2, 0) is 14.6 Å². The molecule has 0 saturated carbocycles. The average Bonchev–Trinajstić information content (AvgIpc) is 2.30. The Labute approximate surface area is 107 Å². The van der Waals surface area contributed by atoms with Gasteiger partial charge in [0.05, 0.1) is 12.7 Å². The van der Waals surface area contributed by atoms with Gasteiger partial charge in [0.15, 0.2) is 9.84 Å². The molecule has 0 amide bonds. The lowest BCUT2D eigenvalue weighted by atomic mass is 10.3. The van der Waals surface area contributed by atoms with Gasteiger partial charge in [-0.1, -0.05) is 0 Å². The molecule has 1 N–H and O–H groups in total. The number of ether oxygens (including phenoxy) is 1. The first-order chi connectivity index (χ1) is 8.07. The van der Waals surface area contributed by atoms with Gasteiger partial charge in [-0.2, -0.15) is 11.8 Å². The molecule has 2 fully saturated rings. The Hall–Kier alpha value is 0.180. The maximum absolute atomic E-state index is 11.7. The van der Waals surface area contributed by atoms with Crippen LogP contribution in [0.15, 0.2) is 0 Å². The molecule has 2 aliphatic rings. The smallest absolute Gasteiger partial charge is 0.164 e. The van der Waals surface area contributed by atoms with Crippen LogP contribution < -0.4 is 5.32 Å². The van der Waals surface area contributed by atoms with Gasteiger partial charge in [0.25, 0.3) is 0 Å². The summed E-state index contributed by atoms with van der Waals surface area (Å²) in [6, 6.07) is 0. The van der Waals surface area contributed by atoms with Crippen molar-refractivity contribution in [2.24, 2.45) is 0 Å². The summed E-state index contributed by atoms with van der Waals surface area (Å²) in [5.41, 5.74) is 0.